The minimum atomic E-state index is -0.237. The number of carbonyl (C=O) groups excluding carboxylic acids is 1. The summed E-state index contributed by atoms with van der Waals surface area (Å²) in [5.41, 5.74) is 4.44. The van der Waals surface area contributed by atoms with Crippen LogP contribution >= 0.6 is 0 Å². The molecule has 0 saturated heterocycles. The number of carbonyl (C=O) groups is 1. The van der Waals surface area contributed by atoms with Crippen LogP contribution < -0.4 is 0 Å². The van der Waals surface area contributed by atoms with Crippen LogP contribution in [0.1, 0.15) is 11.1 Å². The van der Waals surface area contributed by atoms with E-state index in [1.165, 1.54) is 23.8 Å². The summed E-state index contributed by atoms with van der Waals surface area (Å²) in [6.45, 7) is 4.87. The van der Waals surface area contributed by atoms with Gasteiger partial charge in [-0.3, -0.25) is 4.79 Å². The van der Waals surface area contributed by atoms with Crippen LogP contribution in [0.4, 0.5) is 4.39 Å². The topological polar surface area (TPSA) is 20.3 Å². The lowest BCUT2D eigenvalue weighted by molar-refractivity contribution is -0.126. The van der Waals surface area contributed by atoms with Gasteiger partial charge in [0.2, 0.25) is 5.91 Å². The van der Waals surface area contributed by atoms with Gasteiger partial charge in [0.15, 0.2) is 0 Å². The number of benzene rings is 2. The second kappa shape index (κ2) is 5.52. The summed E-state index contributed by atoms with van der Waals surface area (Å²) in [6, 6.07) is 12.7. The number of amides is 1. The lowest BCUT2D eigenvalue weighted by atomic mass is 9.94. The predicted molar refractivity (Wildman–Crippen MR) is 81.2 cm³/mol. The molecule has 0 spiro atoms. The third kappa shape index (κ3) is 2.72. The molecule has 21 heavy (non-hydrogen) atoms. The Hall–Kier alpha value is -2.42. The van der Waals surface area contributed by atoms with Crippen molar-refractivity contribution in [2.75, 3.05) is 6.54 Å². The molecule has 2 aromatic carbocycles. The molecule has 2 aromatic rings. The molecular weight excluding hydrogens is 265 g/mol. The van der Waals surface area contributed by atoms with Crippen LogP contribution in [0.3, 0.4) is 0 Å². The van der Waals surface area contributed by atoms with Gasteiger partial charge in [-0.15, -0.1) is 0 Å². The molecule has 0 aliphatic carbocycles. The van der Waals surface area contributed by atoms with Gasteiger partial charge in [0, 0.05) is 13.1 Å². The third-order valence-electron chi connectivity index (χ3n) is 3.88. The van der Waals surface area contributed by atoms with Crippen LogP contribution in [-0.2, 0) is 17.8 Å². The Balaban J connectivity index is 1.92. The van der Waals surface area contributed by atoms with E-state index >= 15 is 0 Å². The normalized spacial score (nSPS) is 13.7. The van der Waals surface area contributed by atoms with Gasteiger partial charge in [0.25, 0.3) is 0 Å². The molecule has 0 bridgehead atoms. The highest BCUT2D eigenvalue weighted by Crippen LogP contribution is 2.26. The molecule has 0 radical (unpaired) electrons. The van der Waals surface area contributed by atoms with Gasteiger partial charge >= 0.3 is 0 Å². The molecular formula is C18H16FNO. The second-order valence-electron chi connectivity index (χ2n) is 5.20. The average molecular weight is 281 g/mol. The first-order valence-electron chi connectivity index (χ1n) is 6.96. The van der Waals surface area contributed by atoms with Crippen LogP contribution in [0.15, 0.2) is 55.1 Å². The lowest BCUT2D eigenvalue weighted by Crippen LogP contribution is -2.34. The summed E-state index contributed by atoms with van der Waals surface area (Å²) in [7, 11) is 0. The first-order valence-corrected chi connectivity index (χ1v) is 6.96. The number of hydrogen-bond donors (Lipinski definition) is 0. The summed E-state index contributed by atoms with van der Waals surface area (Å²) in [5.74, 6) is -0.271. The fourth-order valence-corrected chi connectivity index (χ4v) is 2.70. The molecule has 0 saturated carbocycles. The first-order chi connectivity index (χ1) is 10.2. The second-order valence-corrected chi connectivity index (χ2v) is 5.20. The Bertz CT molecular complexity index is 691. The molecule has 1 heterocycles. The van der Waals surface area contributed by atoms with Gasteiger partial charge in [-0.05, 0) is 52.9 Å². The van der Waals surface area contributed by atoms with Crippen LogP contribution in [0.5, 0.6) is 0 Å². The SMILES string of the molecule is C=CC(=O)N1CCc2ccc(-c3ccc(F)cc3)cc2C1. The van der Waals surface area contributed by atoms with Crippen molar-refractivity contribution in [2.45, 2.75) is 13.0 Å². The molecule has 0 atom stereocenters. The van der Waals surface area contributed by atoms with Crippen molar-refractivity contribution in [3.05, 3.63) is 72.1 Å². The van der Waals surface area contributed by atoms with Gasteiger partial charge in [-0.2, -0.15) is 0 Å². The lowest BCUT2D eigenvalue weighted by Gasteiger charge is -2.28. The van der Waals surface area contributed by atoms with Crippen molar-refractivity contribution in [3.63, 3.8) is 0 Å². The van der Waals surface area contributed by atoms with E-state index in [4.69, 9.17) is 0 Å². The molecule has 1 aliphatic rings. The first kappa shape index (κ1) is 13.6. The molecule has 3 heteroatoms. The van der Waals surface area contributed by atoms with E-state index in [2.05, 4.69) is 24.8 Å². The van der Waals surface area contributed by atoms with Gasteiger partial charge in [-0.25, -0.2) is 4.39 Å². The highest BCUT2D eigenvalue weighted by Gasteiger charge is 2.19. The zero-order chi connectivity index (χ0) is 14.8. The molecule has 1 amide bonds. The van der Waals surface area contributed by atoms with Crippen LogP contribution in [-0.4, -0.2) is 17.4 Å². The Morgan fingerprint density at radius 1 is 1.10 bits per heavy atom. The van der Waals surface area contributed by atoms with E-state index in [-0.39, 0.29) is 11.7 Å². The average Bonchev–Trinajstić information content (AvgIpc) is 2.53. The van der Waals surface area contributed by atoms with Gasteiger partial charge < -0.3 is 4.90 Å². The molecule has 0 aromatic heterocycles. The largest absolute Gasteiger partial charge is 0.335 e. The maximum Gasteiger partial charge on any atom is 0.246 e. The number of halogens is 1. The quantitative estimate of drug-likeness (QED) is 0.771. The Labute approximate surface area is 123 Å². The Morgan fingerprint density at radius 2 is 1.81 bits per heavy atom. The fraction of sp³-hybridized carbons (Fsp3) is 0.167. The van der Waals surface area contributed by atoms with Crippen LogP contribution in [0.25, 0.3) is 11.1 Å². The van der Waals surface area contributed by atoms with Crippen LogP contribution in [0.2, 0.25) is 0 Å². The van der Waals surface area contributed by atoms with Crippen LogP contribution in [0, 0.1) is 5.82 Å². The smallest absolute Gasteiger partial charge is 0.246 e. The molecule has 0 fully saturated rings. The van der Waals surface area contributed by atoms with E-state index in [1.807, 2.05) is 0 Å². The minimum Gasteiger partial charge on any atom is -0.335 e. The molecule has 2 nitrogen and oxygen atoms in total. The van der Waals surface area contributed by atoms with Gasteiger partial charge in [0.05, 0.1) is 0 Å². The van der Waals surface area contributed by atoms with Gasteiger partial charge in [0.1, 0.15) is 5.82 Å². The molecule has 0 N–H and O–H groups in total. The van der Waals surface area contributed by atoms with E-state index in [0.717, 1.165) is 29.7 Å². The molecule has 0 unspecified atom stereocenters. The van der Waals surface area contributed by atoms with Crippen molar-refractivity contribution in [1.82, 2.24) is 4.90 Å². The number of fused-ring (bicyclic) bond motifs is 1. The van der Waals surface area contributed by atoms with E-state index in [9.17, 15) is 9.18 Å². The standard InChI is InChI=1S/C18H16FNO/c1-2-18(21)20-10-9-14-3-4-15(11-16(14)12-20)13-5-7-17(19)8-6-13/h2-8,11H,1,9-10,12H2. The maximum atomic E-state index is 13.0. The zero-order valence-electron chi connectivity index (χ0n) is 11.7. The number of hydrogen-bond acceptors (Lipinski definition) is 1. The summed E-state index contributed by atoms with van der Waals surface area (Å²) < 4.78 is 13.0. The van der Waals surface area contributed by atoms with Crippen molar-refractivity contribution in [2.24, 2.45) is 0 Å². The third-order valence-corrected chi connectivity index (χ3v) is 3.88. The van der Waals surface area contributed by atoms with E-state index in [0.29, 0.717) is 6.54 Å². The van der Waals surface area contributed by atoms with Crippen molar-refractivity contribution < 1.29 is 9.18 Å². The summed E-state index contributed by atoms with van der Waals surface area (Å²) in [6.07, 6.45) is 2.22. The molecule has 1 aliphatic heterocycles. The zero-order valence-corrected chi connectivity index (χ0v) is 11.7. The summed E-state index contributed by atoms with van der Waals surface area (Å²) in [5, 5.41) is 0. The number of nitrogens with zero attached hydrogens (tertiary/aromatic N) is 1. The summed E-state index contributed by atoms with van der Waals surface area (Å²) in [4.78, 5) is 13.5. The Kier molecular flexibility index (Phi) is 3.57. The minimum absolute atomic E-state index is 0.0344. The van der Waals surface area contributed by atoms with E-state index < -0.39 is 0 Å². The van der Waals surface area contributed by atoms with Crippen molar-refractivity contribution >= 4 is 5.91 Å². The predicted octanol–water partition coefficient (Wildman–Crippen LogP) is 3.56. The van der Waals surface area contributed by atoms with E-state index in [1.54, 1.807) is 17.0 Å². The Morgan fingerprint density at radius 3 is 2.52 bits per heavy atom. The highest BCUT2D eigenvalue weighted by molar-refractivity contribution is 5.87. The molecule has 3 rings (SSSR count). The molecule has 106 valence electrons. The monoisotopic (exact) mass is 281 g/mol. The number of rotatable bonds is 2. The fourth-order valence-electron chi connectivity index (χ4n) is 2.70. The maximum absolute atomic E-state index is 13.0. The highest BCUT2D eigenvalue weighted by atomic mass is 19.1. The van der Waals surface area contributed by atoms with Crippen molar-refractivity contribution in [1.29, 1.82) is 0 Å². The summed E-state index contributed by atoms with van der Waals surface area (Å²) >= 11 is 0. The van der Waals surface area contributed by atoms with Gasteiger partial charge in [-0.1, -0.05) is 30.8 Å². The van der Waals surface area contributed by atoms with Crippen molar-refractivity contribution in [3.8, 4) is 11.1 Å².